The van der Waals surface area contributed by atoms with Crippen LogP contribution in [-0.2, 0) is 0 Å². The number of rotatable bonds is 5. The van der Waals surface area contributed by atoms with Gasteiger partial charge in [-0.2, -0.15) is 0 Å². The Kier molecular flexibility index (Phi) is 3.88. The summed E-state index contributed by atoms with van der Waals surface area (Å²) in [6.45, 7) is 0. The lowest BCUT2D eigenvalue weighted by Crippen LogP contribution is -2.28. The largest absolute Gasteiger partial charge is 0.490 e. The molecule has 0 radical (unpaired) electrons. The van der Waals surface area contributed by atoms with Crippen LogP contribution in [0.4, 0.5) is 0 Å². The second-order valence-electron chi connectivity index (χ2n) is 4.63. The van der Waals surface area contributed by atoms with Crippen molar-refractivity contribution in [1.82, 2.24) is 5.43 Å². The Morgan fingerprint density at radius 2 is 1.95 bits per heavy atom. The van der Waals surface area contributed by atoms with Gasteiger partial charge in [0.1, 0.15) is 5.75 Å². The predicted octanol–water partition coefficient (Wildman–Crippen LogP) is 3.60. The van der Waals surface area contributed by atoms with Crippen LogP contribution in [0.15, 0.2) is 40.2 Å². The minimum absolute atomic E-state index is 0.0197. The molecule has 1 aliphatic rings. The third-order valence-electron chi connectivity index (χ3n) is 3.09. The second kappa shape index (κ2) is 5.63. The zero-order valence-corrected chi connectivity index (χ0v) is 12.7. The molecule has 0 saturated heterocycles. The molecule has 1 atom stereocenters. The highest BCUT2D eigenvalue weighted by atomic mass is 79.9. The highest BCUT2D eigenvalue weighted by Crippen LogP contribution is 2.32. The van der Waals surface area contributed by atoms with E-state index in [-0.39, 0.29) is 6.04 Å². The van der Waals surface area contributed by atoms with Crippen LogP contribution in [0.2, 0.25) is 0 Å². The minimum Gasteiger partial charge on any atom is -0.490 e. The number of benzene rings is 1. The fraction of sp³-hybridized carbons (Fsp3) is 0.286. The summed E-state index contributed by atoms with van der Waals surface area (Å²) < 4.78 is 6.85. The summed E-state index contributed by atoms with van der Waals surface area (Å²) in [5.74, 6) is 6.62. The summed E-state index contributed by atoms with van der Waals surface area (Å²) >= 11 is 5.16. The quantitative estimate of drug-likeness (QED) is 0.646. The highest BCUT2D eigenvalue weighted by Gasteiger charge is 2.23. The Labute approximate surface area is 124 Å². The topological polar surface area (TPSA) is 47.3 Å². The molecule has 1 heterocycles. The fourth-order valence-corrected chi connectivity index (χ4v) is 3.46. The molecule has 1 saturated carbocycles. The zero-order valence-electron chi connectivity index (χ0n) is 10.3. The van der Waals surface area contributed by atoms with Crippen LogP contribution < -0.4 is 16.0 Å². The Balaban J connectivity index is 1.78. The lowest BCUT2D eigenvalue weighted by atomic mass is 10.1. The zero-order chi connectivity index (χ0) is 13.2. The number of halogens is 1. The SMILES string of the molecule is NNC(c1ccc(OC2CC2)cc1)c1ccc(Br)s1. The van der Waals surface area contributed by atoms with Gasteiger partial charge in [0.25, 0.3) is 0 Å². The van der Waals surface area contributed by atoms with Gasteiger partial charge in [0, 0.05) is 4.88 Å². The van der Waals surface area contributed by atoms with Gasteiger partial charge in [0.15, 0.2) is 0 Å². The molecule has 3 rings (SSSR count). The number of hydrogen-bond donors (Lipinski definition) is 2. The maximum absolute atomic E-state index is 5.75. The van der Waals surface area contributed by atoms with E-state index in [1.54, 1.807) is 11.3 Å². The molecular weight excluding hydrogens is 324 g/mol. The molecule has 3 nitrogen and oxygen atoms in total. The van der Waals surface area contributed by atoms with E-state index >= 15 is 0 Å². The van der Waals surface area contributed by atoms with Crippen molar-refractivity contribution in [3.05, 3.63) is 50.6 Å². The molecule has 1 aromatic heterocycles. The fourth-order valence-electron chi connectivity index (χ4n) is 1.94. The second-order valence-corrected chi connectivity index (χ2v) is 7.12. The van der Waals surface area contributed by atoms with Crippen molar-refractivity contribution in [3.8, 4) is 5.75 Å². The maximum Gasteiger partial charge on any atom is 0.119 e. The smallest absolute Gasteiger partial charge is 0.119 e. The summed E-state index contributed by atoms with van der Waals surface area (Å²) in [7, 11) is 0. The van der Waals surface area contributed by atoms with Crippen LogP contribution in [0.1, 0.15) is 29.3 Å². The first kappa shape index (κ1) is 13.1. The van der Waals surface area contributed by atoms with Crippen molar-refractivity contribution in [2.45, 2.75) is 25.0 Å². The highest BCUT2D eigenvalue weighted by molar-refractivity contribution is 9.11. The van der Waals surface area contributed by atoms with E-state index in [1.165, 1.54) is 17.7 Å². The van der Waals surface area contributed by atoms with E-state index in [0.717, 1.165) is 15.1 Å². The van der Waals surface area contributed by atoms with Crippen molar-refractivity contribution < 1.29 is 4.74 Å². The molecule has 1 aromatic carbocycles. The summed E-state index contributed by atoms with van der Waals surface area (Å²) in [4.78, 5) is 1.19. The van der Waals surface area contributed by atoms with Crippen molar-refractivity contribution in [2.75, 3.05) is 0 Å². The number of ether oxygens (including phenoxy) is 1. The third kappa shape index (κ3) is 3.17. The van der Waals surface area contributed by atoms with Gasteiger partial charge < -0.3 is 4.74 Å². The van der Waals surface area contributed by atoms with Crippen LogP contribution in [0.5, 0.6) is 5.75 Å². The Morgan fingerprint density at radius 1 is 1.21 bits per heavy atom. The van der Waals surface area contributed by atoms with E-state index in [9.17, 15) is 0 Å². The number of hydrazine groups is 1. The van der Waals surface area contributed by atoms with Crippen LogP contribution in [0.25, 0.3) is 0 Å². The Bertz CT molecular complexity index is 551. The Morgan fingerprint density at radius 3 is 2.47 bits per heavy atom. The van der Waals surface area contributed by atoms with Crippen molar-refractivity contribution in [3.63, 3.8) is 0 Å². The molecule has 0 aliphatic heterocycles. The van der Waals surface area contributed by atoms with Crippen LogP contribution in [-0.4, -0.2) is 6.10 Å². The van der Waals surface area contributed by atoms with Crippen LogP contribution >= 0.6 is 27.3 Å². The van der Waals surface area contributed by atoms with E-state index in [4.69, 9.17) is 10.6 Å². The molecule has 1 unspecified atom stereocenters. The van der Waals surface area contributed by atoms with Crippen LogP contribution in [0.3, 0.4) is 0 Å². The molecule has 0 bridgehead atoms. The van der Waals surface area contributed by atoms with Gasteiger partial charge in [0.2, 0.25) is 0 Å². The number of hydrogen-bond acceptors (Lipinski definition) is 4. The van der Waals surface area contributed by atoms with Gasteiger partial charge in [-0.15, -0.1) is 11.3 Å². The Hall–Kier alpha value is -0.880. The molecule has 19 heavy (non-hydrogen) atoms. The molecule has 5 heteroatoms. The first-order valence-corrected chi connectivity index (χ1v) is 7.85. The number of nitrogens with two attached hydrogens (primary N) is 1. The monoisotopic (exact) mass is 338 g/mol. The van der Waals surface area contributed by atoms with Crippen LogP contribution in [0, 0.1) is 0 Å². The average Bonchev–Trinajstić information content (AvgIpc) is 3.13. The average molecular weight is 339 g/mol. The predicted molar refractivity (Wildman–Crippen MR) is 81.3 cm³/mol. The third-order valence-corrected chi connectivity index (χ3v) is 4.77. The standard InChI is InChI=1S/C14H15BrN2OS/c15-13-8-7-12(19-13)14(17-16)9-1-3-10(4-2-9)18-11-5-6-11/h1-4,7-8,11,14,17H,5-6,16H2. The van der Waals surface area contributed by atoms with Crippen molar-refractivity contribution >= 4 is 27.3 Å². The molecule has 1 aliphatic carbocycles. The van der Waals surface area contributed by atoms with E-state index in [0.29, 0.717) is 6.10 Å². The molecular formula is C14H15BrN2OS. The van der Waals surface area contributed by atoms with Gasteiger partial charge >= 0.3 is 0 Å². The number of nitrogens with one attached hydrogen (secondary N) is 1. The van der Waals surface area contributed by atoms with Gasteiger partial charge in [-0.1, -0.05) is 12.1 Å². The van der Waals surface area contributed by atoms with Gasteiger partial charge in [-0.25, -0.2) is 5.43 Å². The first-order chi connectivity index (χ1) is 9.26. The molecule has 0 spiro atoms. The van der Waals surface area contributed by atoms with Gasteiger partial charge in [-0.3, -0.25) is 5.84 Å². The maximum atomic E-state index is 5.75. The summed E-state index contributed by atoms with van der Waals surface area (Å²) in [6, 6.07) is 12.3. The van der Waals surface area contributed by atoms with E-state index < -0.39 is 0 Å². The molecule has 1 fully saturated rings. The van der Waals surface area contributed by atoms with Crippen molar-refractivity contribution in [1.29, 1.82) is 0 Å². The normalized spacial score (nSPS) is 16.3. The lowest BCUT2D eigenvalue weighted by molar-refractivity contribution is 0.303. The van der Waals surface area contributed by atoms with E-state index in [1.807, 2.05) is 18.2 Å². The summed E-state index contributed by atoms with van der Waals surface area (Å²) in [5, 5.41) is 0. The minimum atomic E-state index is 0.0197. The summed E-state index contributed by atoms with van der Waals surface area (Å²) in [6.07, 6.45) is 2.79. The molecule has 100 valence electrons. The molecule has 0 amide bonds. The first-order valence-electron chi connectivity index (χ1n) is 6.24. The number of thiophene rings is 1. The van der Waals surface area contributed by atoms with Gasteiger partial charge in [0.05, 0.1) is 15.9 Å². The van der Waals surface area contributed by atoms with Crippen molar-refractivity contribution in [2.24, 2.45) is 5.84 Å². The van der Waals surface area contributed by atoms with E-state index in [2.05, 4.69) is 39.6 Å². The molecule has 2 aromatic rings. The summed E-state index contributed by atoms with van der Waals surface area (Å²) in [5.41, 5.74) is 4.01. The van der Waals surface area contributed by atoms with Gasteiger partial charge in [-0.05, 0) is 58.6 Å². The lowest BCUT2D eigenvalue weighted by Gasteiger charge is -2.15. The molecule has 3 N–H and O–H groups in total.